The minimum absolute atomic E-state index is 0.00278. The molecule has 2 heterocycles. The van der Waals surface area contributed by atoms with Crippen molar-refractivity contribution in [3.63, 3.8) is 0 Å². The van der Waals surface area contributed by atoms with E-state index >= 15 is 0 Å². The number of aromatic nitrogens is 4. The maximum absolute atomic E-state index is 12.2. The van der Waals surface area contributed by atoms with Crippen LogP contribution in [0.4, 0.5) is 5.69 Å². The summed E-state index contributed by atoms with van der Waals surface area (Å²) in [5, 5.41) is 16.7. The third-order valence-electron chi connectivity index (χ3n) is 3.80. The van der Waals surface area contributed by atoms with Crippen molar-refractivity contribution in [1.29, 1.82) is 0 Å². The van der Waals surface area contributed by atoms with Gasteiger partial charge in [0, 0.05) is 24.4 Å². The molecule has 0 spiro atoms. The first-order valence-electron chi connectivity index (χ1n) is 8.02. The van der Waals surface area contributed by atoms with Crippen LogP contribution in [0.1, 0.15) is 48.1 Å². The van der Waals surface area contributed by atoms with Gasteiger partial charge in [0.25, 0.3) is 0 Å². The lowest BCUT2D eigenvalue weighted by molar-refractivity contribution is -0.116. The van der Waals surface area contributed by atoms with Gasteiger partial charge in [-0.15, -0.1) is 10.2 Å². The van der Waals surface area contributed by atoms with Gasteiger partial charge >= 0.3 is 0 Å². The van der Waals surface area contributed by atoms with Crippen LogP contribution in [0, 0.1) is 13.8 Å². The fraction of sp³-hybridized carbons (Fsp3) is 0.412. The first kappa shape index (κ1) is 16.6. The predicted molar refractivity (Wildman–Crippen MR) is 95.6 cm³/mol. The molecule has 24 heavy (non-hydrogen) atoms. The zero-order valence-corrected chi connectivity index (χ0v) is 15.1. The van der Waals surface area contributed by atoms with E-state index in [2.05, 4.69) is 40.5 Å². The normalized spacial score (nSPS) is 11.4. The highest BCUT2D eigenvalue weighted by atomic mass is 32.1. The summed E-state index contributed by atoms with van der Waals surface area (Å²) < 4.78 is 1.78. The third kappa shape index (κ3) is 3.46. The third-order valence-corrected chi connectivity index (χ3v) is 4.75. The minimum atomic E-state index is -0.00278. The fourth-order valence-corrected chi connectivity index (χ4v) is 3.36. The van der Waals surface area contributed by atoms with Crippen LogP contribution in [-0.4, -0.2) is 25.7 Å². The Balaban J connectivity index is 1.64. The molecule has 3 aromatic rings. The molecule has 0 aliphatic heterocycles. The molecule has 0 atom stereocenters. The molecule has 0 aliphatic rings. The van der Waals surface area contributed by atoms with Gasteiger partial charge in [0.05, 0.1) is 0 Å². The van der Waals surface area contributed by atoms with E-state index in [-0.39, 0.29) is 11.8 Å². The molecule has 126 valence electrons. The number of carbonyl (C=O) groups is 1. The maximum atomic E-state index is 12.2. The standard InChI is InChI=1S/C17H21N5OS/c1-10(2)16-19-20-17-22(16)21-15(24-17)8-7-14(23)18-13-6-5-11(3)9-12(13)4/h5-6,9-10H,7-8H2,1-4H3,(H,18,23). The molecule has 0 aliphatic carbocycles. The molecule has 6 nitrogen and oxygen atoms in total. The summed E-state index contributed by atoms with van der Waals surface area (Å²) in [5.41, 5.74) is 3.13. The average Bonchev–Trinajstić information content (AvgIpc) is 3.07. The smallest absolute Gasteiger partial charge is 0.234 e. The summed E-state index contributed by atoms with van der Waals surface area (Å²) in [6, 6.07) is 6.01. The van der Waals surface area contributed by atoms with Gasteiger partial charge in [-0.2, -0.15) is 9.61 Å². The Morgan fingerprint density at radius 2 is 2.08 bits per heavy atom. The monoisotopic (exact) mass is 343 g/mol. The summed E-state index contributed by atoms with van der Waals surface area (Å²) >= 11 is 1.49. The molecule has 0 bridgehead atoms. The number of benzene rings is 1. The Morgan fingerprint density at radius 1 is 1.29 bits per heavy atom. The van der Waals surface area contributed by atoms with Crippen molar-refractivity contribution in [1.82, 2.24) is 19.8 Å². The van der Waals surface area contributed by atoms with Crippen LogP contribution >= 0.6 is 11.3 Å². The van der Waals surface area contributed by atoms with Crippen LogP contribution < -0.4 is 5.32 Å². The van der Waals surface area contributed by atoms with Gasteiger partial charge in [-0.1, -0.05) is 42.9 Å². The Morgan fingerprint density at radius 3 is 2.79 bits per heavy atom. The highest BCUT2D eigenvalue weighted by molar-refractivity contribution is 7.16. The molecule has 0 unspecified atom stereocenters. The number of hydrogen-bond donors (Lipinski definition) is 1. The topological polar surface area (TPSA) is 72.2 Å². The van der Waals surface area contributed by atoms with Gasteiger partial charge in [0.15, 0.2) is 5.82 Å². The van der Waals surface area contributed by atoms with Crippen LogP contribution in [0.15, 0.2) is 18.2 Å². The molecule has 1 aromatic carbocycles. The Hall–Kier alpha value is -2.28. The van der Waals surface area contributed by atoms with Crippen molar-refractivity contribution in [3.8, 4) is 0 Å². The Kier molecular flexibility index (Phi) is 4.62. The van der Waals surface area contributed by atoms with Crippen molar-refractivity contribution >= 4 is 27.9 Å². The number of nitrogens with one attached hydrogen (secondary N) is 1. The van der Waals surface area contributed by atoms with E-state index in [1.54, 1.807) is 4.52 Å². The number of rotatable bonds is 5. The lowest BCUT2D eigenvalue weighted by atomic mass is 10.1. The van der Waals surface area contributed by atoms with Crippen molar-refractivity contribution in [3.05, 3.63) is 40.2 Å². The zero-order valence-electron chi connectivity index (χ0n) is 14.3. The largest absolute Gasteiger partial charge is 0.326 e. The van der Waals surface area contributed by atoms with Crippen LogP contribution in [0.3, 0.4) is 0 Å². The van der Waals surface area contributed by atoms with Gasteiger partial charge in [0.2, 0.25) is 10.9 Å². The number of anilines is 1. The second-order valence-corrected chi connectivity index (χ2v) is 7.31. The van der Waals surface area contributed by atoms with E-state index in [1.807, 2.05) is 26.0 Å². The summed E-state index contributed by atoms with van der Waals surface area (Å²) in [4.78, 5) is 13.0. The van der Waals surface area contributed by atoms with Crippen LogP contribution in [0.5, 0.6) is 0 Å². The number of aryl methyl sites for hydroxylation is 3. The molecular weight excluding hydrogens is 322 g/mol. The van der Waals surface area contributed by atoms with Gasteiger partial charge in [-0.05, 0) is 25.5 Å². The fourth-order valence-electron chi connectivity index (χ4n) is 2.52. The molecule has 0 saturated heterocycles. The molecule has 0 fully saturated rings. The number of amides is 1. The van der Waals surface area contributed by atoms with Crippen LogP contribution in [-0.2, 0) is 11.2 Å². The van der Waals surface area contributed by atoms with Crippen LogP contribution in [0.2, 0.25) is 0 Å². The van der Waals surface area contributed by atoms with Crippen LogP contribution in [0.25, 0.3) is 4.96 Å². The van der Waals surface area contributed by atoms with E-state index in [0.717, 1.165) is 27.0 Å². The quantitative estimate of drug-likeness (QED) is 0.769. The average molecular weight is 343 g/mol. The van der Waals surface area contributed by atoms with E-state index in [0.29, 0.717) is 12.8 Å². The predicted octanol–water partition coefficient (Wildman–Crippen LogP) is 3.50. The van der Waals surface area contributed by atoms with Crippen molar-refractivity contribution in [2.75, 3.05) is 5.32 Å². The van der Waals surface area contributed by atoms with Gasteiger partial charge in [0.1, 0.15) is 5.01 Å². The second-order valence-electron chi connectivity index (χ2n) is 6.27. The van der Waals surface area contributed by atoms with E-state index in [4.69, 9.17) is 0 Å². The molecule has 7 heteroatoms. The van der Waals surface area contributed by atoms with E-state index in [1.165, 1.54) is 16.9 Å². The molecule has 2 aromatic heterocycles. The highest BCUT2D eigenvalue weighted by Gasteiger charge is 2.15. The van der Waals surface area contributed by atoms with Gasteiger partial charge < -0.3 is 5.32 Å². The molecule has 0 saturated carbocycles. The zero-order chi connectivity index (χ0) is 17.3. The number of nitrogens with zero attached hydrogens (tertiary/aromatic N) is 4. The minimum Gasteiger partial charge on any atom is -0.326 e. The number of hydrogen-bond acceptors (Lipinski definition) is 5. The first-order chi connectivity index (χ1) is 11.4. The lowest BCUT2D eigenvalue weighted by Crippen LogP contribution is -2.13. The Bertz CT molecular complexity index is 880. The Labute approximate surface area is 144 Å². The second kappa shape index (κ2) is 6.68. The summed E-state index contributed by atoms with van der Waals surface area (Å²) in [5.74, 6) is 1.12. The first-order valence-corrected chi connectivity index (χ1v) is 8.84. The molecule has 1 amide bonds. The molecular formula is C17H21N5OS. The van der Waals surface area contributed by atoms with Gasteiger partial charge in [-0.25, -0.2) is 0 Å². The number of fused-ring (bicyclic) bond motifs is 1. The molecule has 1 N–H and O–H groups in total. The van der Waals surface area contributed by atoms with E-state index in [9.17, 15) is 4.79 Å². The number of carbonyl (C=O) groups excluding carboxylic acids is 1. The summed E-state index contributed by atoms with van der Waals surface area (Å²) in [7, 11) is 0. The molecule has 3 rings (SSSR count). The van der Waals surface area contributed by atoms with E-state index < -0.39 is 0 Å². The SMILES string of the molecule is Cc1ccc(NC(=O)CCc2nn3c(C(C)C)nnc3s2)c(C)c1. The maximum Gasteiger partial charge on any atom is 0.234 e. The highest BCUT2D eigenvalue weighted by Crippen LogP contribution is 2.20. The van der Waals surface area contributed by atoms with Crippen molar-refractivity contribution in [2.24, 2.45) is 0 Å². The van der Waals surface area contributed by atoms with Gasteiger partial charge in [-0.3, -0.25) is 4.79 Å². The van der Waals surface area contributed by atoms with Crippen molar-refractivity contribution in [2.45, 2.75) is 46.5 Å². The van der Waals surface area contributed by atoms with Crippen molar-refractivity contribution < 1.29 is 4.79 Å². The molecule has 0 radical (unpaired) electrons. The summed E-state index contributed by atoms with van der Waals surface area (Å²) in [6.45, 7) is 8.16. The summed E-state index contributed by atoms with van der Waals surface area (Å²) in [6.07, 6.45) is 0.997. The lowest BCUT2D eigenvalue weighted by Gasteiger charge is -2.08.